The number of pyridine rings is 1. The Balaban J connectivity index is 0.00000133. The van der Waals surface area contributed by atoms with Gasteiger partial charge in [-0.05, 0) is 24.5 Å². The summed E-state index contributed by atoms with van der Waals surface area (Å²) in [6.07, 6.45) is 5.09. The molecule has 1 N–H and O–H groups in total. The molecule has 0 spiro atoms. The molecule has 1 unspecified atom stereocenters. The maximum atomic E-state index is 12.4. The molecule has 7 heteroatoms. The third kappa shape index (κ3) is 2.91. The lowest BCUT2D eigenvalue weighted by atomic mass is 10.1. The average molecular weight is 304 g/mol. The van der Waals surface area contributed by atoms with E-state index in [9.17, 15) is 8.42 Å². The largest absolute Gasteiger partial charge is 0.313 e. The van der Waals surface area contributed by atoms with Crippen LogP contribution >= 0.6 is 12.4 Å². The number of piperazine rings is 1. The van der Waals surface area contributed by atoms with Gasteiger partial charge in [0.05, 0.1) is 11.3 Å². The molecule has 1 aliphatic carbocycles. The van der Waals surface area contributed by atoms with Crippen molar-refractivity contribution in [2.24, 2.45) is 0 Å². The molecular formula is C12H18ClN3O2S. The summed E-state index contributed by atoms with van der Waals surface area (Å²) in [5.41, 5.74) is 0.967. The van der Waals surface area contributed by atoms with Crippen LogP contribution < -0.4 is 5.32 Å². The normalized spacial score (nSPS) is 24.7. The molecule has 0 bridgehead atoms. The summed E-state index contributed by atoms with van der Waals surface area (Å²) in [5, 5.41) is 3.12. The standard InChI is InChI=1S/C12H17N3O2S.ClH/c16-18(17,11-3-4-11)15-7-6-14-9-12(15)10-2-1-5-13-8-10;/h1-2,5,8,11-12,14H,3-4,6-7,9H2;1H. The summed E-state index contributed by atoms with van der Waals surface area (Å²) in [6.45, 7) is 1.94. The fourth-order valence-electron chi connectivity index (χ4n) is 2.40. The molecular weight excluding hydrogens is 286 g/mol. The highest BCUT2D eigenvalue weighted by Gasteiger charge is 2.43. The molecule has 2 heterocycles. The van der Waals surface area contributed by atoms with Crippen LogP contribution in [0.5, 0.6) is 0 Å². The lowest BCUT2D eigenvalue weighted by molar-refractivity contribution is 0.270. The molecule has 5 nitrogen and oxygen atoms in total. The molecule has 0 radical (unpaired) electrons. The Morgan fingerprint density at radius 1 is 1.37 bits per heavy atom. The first-order chi connectivity index (χ1) is 8.69. The number of hydrogen-bond donors (Lipinski definition) is 1. The minimum absolute atomic E-state index is 0. The van der Waals surface area contributed by atoms with Gasteiger partial charge in [-0.2, -0.15) is 4.31 Å². The third-order valence-electron chi connectivity index (χ3n) is 3.54. The van der Waals surface area contributed by atoms with E-state index in [4.69, 9.17) is 0 Å². The highest BCUT2D eigenvalue weighted by atomic mass is 35.5. The lowest BCUT2D eigenvalue weighted by Gasteiger charge is -2.35. The van der Waals surface area contributed by atoms with Crippen LogP contribution in [0.3, 0.4) is 0 Å². The minimum Gasteiger partial charge on any atom is -0.313 e. The van der Waals surface area contributed by atoms with Crippen LogP contribution in [0.1, 0.15) is 24.4 Å². The molecule has 2 aliphatic rings. The number of hydrogen-bond acceptors (Lipinski definition) is 4. The third-order valence-corrected chi connectivity index (χ3v) is 5.94. The number of aromatic nitrogens is 1. The summed E-state index contributed by atoms with van der Waals surface area (Å²) < 4.78 is 26.5. The van der Waals surface area contributed by atoms with Gasteiger partial charge in [0, 0.05) is 32.0 Å². The number of halogens is 1. The first kappa shape index (κ1) is 14.7. The monoisotopic (exact) mass is 303 g/mol. The van der Waals surface area contributed by atoms with Crippen LogP contribution in [0, 0.1) is 0 Å². The predicted octanol–water partition coefficient (Wildman–Crippen LogP) is 0.942. The van der Waals surface area contributed by atoms with Gasteiger partial charge in [0.2, 0.25) is 10.0 Å². The molecule has 1 atom stereocenters. The second-order valence-corrected chi connectivity index (χ2v) is 7.03. The van der Waals surface area contributed by atoms with Crippen molar-refractivity contribution < 1.29 is 8.42 Å². The zero-order valence-corrected chi connectivity index (χ0v) is 12.2. The highest BCUT2D eigenvalue weighted by Crippen LogP contribution is 2.35. The van der Waals surface area contributed by atoms with Crippen molar-refractivity contribution in [3.8, 4) is 0 Å². The molecule has 106 valence electrons. The second kappa shape index (κ2) is 5.75. The highest BCUT2D eigenvalue weighted by molar-refractivity contribution is 7.90. The van der Waals surface area contributed by atoms with Crippen LogP contribution in [0.25, 0.3) is 0 Å². The Kier molecular flexibility index (Phi) is 4.45. The predicted molar refractivity (Wildman–Crippen MR) is 75.7 cm³/mol. The van der Waals surface area contributed by atoms with Gasteiger partial charge in [0.25, 0.3) is 0 Å². The first-order valence-corrected chi connectivity index (χ1v) is 7.81. The van der Waals surface area contributed by atoms with Gasteiger partial charge in [0.15, 0.2) is 0 Å². The molecule has 1 aromatic heterocycles. The Hall–Kier alpha value is -0.690. The van der Waals surface area contributed by atoms with Crippen LogP contribution in [-0.2, 0) is 10.0 Å². The maximum Gasteiger partial charge on any atom is 0.217 e. The van der Waals surface area contributed by atoms with Crippen molar-refractivity contribution in [2.45, 2.75) is 24.1 Å². The van der Waals surface area contributed by atoms with Crippen LogP contribution in [0.2, 0.25) is 0 Å². The average Bonchev–Trinajstić information content (AvgIpc) is 3.24. The molecule has 3 rings (SSSR count). The van der Waals surface area contributed by atoms with Gasteiger partial charge in [-0.3, -0.25) is 4.98 Å². The number of nitrogens with one attached hydrogen (secondary N) is 1. The van der Waals surface area contributed by atoms with Crippen molar-refractivity contribution in [3.05, 3.63) is 30.1 Å². The number of nitrogens with zero attached hydrogens (tertiary/aromatic N) is 2. The second-order valence-electron chi connectivity index (χ2n) is 4.86. The van der Waals surface area contributed by atoms with E-state index in [0.717, 1.165) is 24.9 Å². The van der Waals surface area contributed by atoms with Crippen LogP contribution in [0.4, 0.5) is 0 Å². The summed E-state index contributed by atoms with van der Waals surface area (Å²) >= 11 is 0. The summed E-state index contributed by atoms with van der Waals surface area (Å²) in [7, 11) is -3.12. The van der Waals surface area contributed by atoms with E-state index in [1.807, 2.05) is 12.1 Å². The van der Waals surface area contributed by atoms with Crippen molar-refractivity contribution in [3.63, 3.8) is 0 Å². The molecule has 0 amide bonds. The van der Waals surface area contributed by atoms with E-state index in [1.54, 1.807) is 16.7 Å². The summed E-state index contributed by atoms with van der Waals surface area (Å²) in [5.74, 6) is 0. The molecule has 1 saturated carbocycles. The first-order valence-electron chi connectivity index (χ1n) is 6.31. The topological polar surface area (TPSA) is 62.3 Å². The number of rotatable bonds is 3. The molecule has 19 heavy (non-hydrogen) atoms. The Bertz CT molecular complexity index is 519. The van der Waals surface area contributed by atoms with Crippen LogP contribution in [-0.4, -0.2) is 42.6 Å². The molecule has 1 aliphatic heterocycles. The Labute approximate surface area is 119 Å². The zero-order valence-electron chi connectivity index (χ0n) is 10.5. The quantitative estimate of drug-likeness (QED) is 0.903. The smallest absolute Gasteiger partial charge is 0.217 e. The van der Waals surface area contributed by atoms with E-state index in [1.165, 1.54) is 0 Å². The van der Waals surface area contributed by atoms with E-state index >= 15 is 0 Å². The van der Waals surface area contributed by atoms with Gasteiger partial charge < -0.3 is 5.32 Å². The minimum atomic E-state index is -3.12. The summed E-state index contributed by atoms with van der Waals surface area (Å²) in [6, 6.07) is 3.68. The fraction of sp³-hybridized carbons (Fsp3) is 0.583. The van der Waals surface area contributed by atoms with Crippen molar-refractivity contribution in [1.82, 2.24) is 14.6 Å². The van der Waals surface area contributed by atoms with Crippen molar-refractivity contribution in [2.75, 3.05) is 19.6 Å². The Morgan fingerprint density at radius 3 is 2.79 bits per heavy atom. The van der Waals surface area contributed by atoms with Gasteiger partial charge in [-0.15, -0.1) is 12.4 Å². The fourth-order valence-corrected chi connectivity index (χ4v) is 4.42. The SMILES string of the molecule is Cl.O=S(=O)(C1CC1)N1CCNCC1c1cccnc1. The van der Waals surface area contributed by atoms with Crippen molar-refractivity contribution >= 4 is 22.4 Å². The zero-order chi connectivity index (χ0) is 12.6. The maximum absolute atomic E-state index is 12.4. The van der Waals surface area contributed by atoms with E-state index in [0.29, 0.717) is 13.1 Å². The van der Waals surface area contributed by atoms with E-state index in [2.05, 4.69) is 10.3 Å². The molecule has 1 saturated heterocycles. The molecule has 2 fully saturated rings. The summed E-state index contributed by atoms with van der Waals surface area (Å²) in [4.78, 5) is 4.09. The van der Waals surface area contributed by atoms with Gasteiger partial charge in [-0.1, -0.05) is 6.07 Å². The molecule has 0 aromatic carbocycles. The lowest BCUT2D eigenvalue weighted by Crippen LogP contribution is -2.49. The Morgan fingerprint density at radius 2 is 2.16 bits per heavy atom. The van der Waals surface area contributed by atoms with E-state index in [-0.39, 0.29) is 23.7 Å². The van der Waals surface area contributed by atoms with Gasteiger partial charge in [0.1, 0.15) is 0 Å². The van der Waals surface area contributed by atoms with Gasteiger partial charge >= 0.3 is 0 Å². The van der Waals surface area contributed by atoms with E-state index < -0.39 is 10.0 Å². The van der Waals surface area contributed by atoms with Gasteiger partial charge in [-0.25, -0.2) is 8.42 Å². The van der Waals surface area contributed by atoms with Crippen LogP contribution in [0.15, 0.2) is 24.5 Å². The molecule has 1 aromatic rings. The number of sulfonamides is 1. The van der Waals surface area contributed by atoms with Crippen molar-refractivity contribution in [1.29, 1.82) is 0 Å².